The average molecular weight is 335 g/mol. The number of ether oxygens (including phenoxy) is 2. The van der Waals surface area contributed by atoms with Gasteiger partial charge in [0.25, 0.3) is 10.0 Å². The molecular formula is C17H21NO4S. The fraction of sp³-hybridized carbons (Fsp3) is 0.294. The minimum atomic E-state index is -3.78. The van der Waals surface area contributed by atoms with Crippen molar-refractivity contribution in [1.29, 1.82) is 0 Å². The molecule has 0 atom stereocenters. The van der Waals surface area contributed by atoms with Gasteiger partial charge in [0.1, 0.15) is 16.4 Å². The predicted octanol–water partition coefficient (Wildman–Crippen LogP) is 3.63. The van der Waals surface area contributed by atoms with E-state index in [1.165, 1.54) is 20.3 Å². The van der Waals surface area contributed by atoms with Crippen molar-refractivity contribution in [2.24, 2.45) is 0 Å². The maximum Gasteiger partial charge on any atom is 0.265 e. The van der Waals surface area contributed by atoms with Gasteiger partial charge in [-0.25, -0.2) is 8.42 Å². The van der Waals surface area contributed by atoms with Crippen LogP contribution in [0.15, 0.2) is 47.4 Å². The first-order chi connectivity index (χ1) is 10.9. The average Bonchev–Trinajstić information content (AvgIpc) is 2.54. The molecule has 0 fully saturated rings. The second-order valence-corrected chi connectivity index (χ2v) is 7.05. The molecule has 0 bridgehead atoms. The Kier molecular flexibility index (Phi) is 5.15. The normalized spacial score (nSPS) is 11.3. The molecular weight excluding hydrogens is 314 g/mol. The molecule has 2 rings (SSSR count). The van der Waals surface area contributed by atoms with Gasteiger partial charge in [-0.2, -0.15) is 0 Å². The number of hydrogen-bond donors (Lipinski definition) is 1. The first kappa shape index (κ1) is 17.1. The lowest BCUT2D eigenvalue weighted by atomic mass is 10.0. The van der Waals surface area contributed by atoms with Crippen LogP contribution in [0, 0.1) is 0 Å². The van der Waals surface area contributed by atoms with Crippen molar-refractivity contribution < 1.29 is 17.9 Å². The summed E-state index contributed by atoms with van der Waals surface area (Å²) in [6.07, 6.45) is 0. The van der Waals surface area contributed by atoms with Crippen LogP contribution in [0.5, 0.6) is 11.5 Å². The highest BCUT2D eigenvalue weighted by atomic mass is 32.2. The third-order valence-corrected chi connectivity index (χ3v) is 4.89. The van der Waals surface area contributed by atoms with Gasteiger partial charge in [0.05, 0.1) is 14.2 Å². The highest BCUT2D eigenvalue weighted by molar-refractivity contribution is 7.92. The number of benzene rings is 2. The van der Waals surface area contributed by atoms with Crippen LogP contribution in [0.1, 0.15) is 25.3 Å². The Morgan fingerprint density at radius 2 is 1.61 bits per heavy atom. The summed E-state index contributed by atoms with van der Waals surface area (Å²) in [6, 6.07) is 12.0. The van der Waals surface area contributed by atoms with Crippen LogP contribution in [0.4, 0.5) is 5.69 Å². The van der Waals surface area contributed by atoms with Gasteiger partial charge in [-0.1, -0.05) is 26.0 Å². The molecule has 0 radical (unpaired) electrons. The summed E-state index contributed by atoms with van der Waals surface area (Å²) in [7, 11) is -0.866. The van der Waals surface area contributed by atoms with Crippen molar-refractivity contribution in [3.05, 3.63) is 48.0 Å². The first-order valence-electron chi connectivity index (χ1n) is 7.22. The minimum absolute atomic E-state index is 0.0345. The fourth-order valence-electron chi connectivity index (χ4n) is 2.14. The molecule has 23 heavy (non-hydrogen) atoms. The quantitative estimate of drug-likeness (QED) is 0.875. The van der Waals surface area contributed by atoms with Crippen molar-refractivity contribution in [3.8, 4) is 11.5 Å². The molecule has 0 saturated heterocycles. The lowest BCUT2D eigenvalue weighted by molar-refractivity contribution is 0.392. The van der Waals surface area contributed by atoms with Gasteiger partial charge in [0.15, 0.2) is 0 Å². The van der Waals surface area contributed by atoms with Gasteiger partial charge in [0, 0.05) is 11.8 Å². The topological polar surface area (TPSA) is 64.6 Å². The fourth-order valence-corrected chi connectivity index (χ4v) is 3.38. The molecule has 0 unspecified atom stereocenters. The molecule has 0 aliphatic heterocycles. The van der Waals surface area contributed by atoms with Crippen LogP contribution >= 0.6 is 0 Å². The SMILES string of the molecule is COc1ccc(OC)c(S(=O)(=O)Nc2ccc(C(C)C)cc2)c1. The molecule has 0 saturated carbocycles. The zero-order chi connectivity index (χ0) is 17.0. The summed E-state index contributed by atoms with van der Waals surface area (Å²) < 4.78 is 38.0. The van der Waals surface area contributed by atoms with E-state index in [1.807, 2.05) is 12.1 Å². The number of hydrogen-bond acceptors (Lipinski definition) is 4. The maximum atomic E-state index is 12.6. The number of rotatable bonds is 6. The molecule has 5 nitrogen and oxygen atoms in total. The van der Waals surface area contributed by atoms with Crippen molar-refractivity contribution in [2.75, 3.05) is 18.9 Å². The lowest BCUT2D eigenvalue weighted by Gasteiger charge is -2.13. The molecule has 1 N–H and O–H groups in total. The standard InChI is InChI=1S/C17H21NO4S/c1-12(2)13-5-7-14(8-6-13)18-23(19,20)17-11-15(21-3)9-10-16(17)22-4/h5-12,18H,1-4H3. The molecule has 0 amide bonds. The van der Waals surface area contributed by atoms with Crippen LogP contribution < -0.4 is 14.2 Å². The van der Waals surface area contributed by atoms with Gasteiger partial charge in [-0.3, -0.25) is 4.72 Å². The van der Waals surface area contributed by atoms with Crippen LogP contribution in [0.3, 0.4) is 0 Å². The summed E-state index contributed by atoms with van der Waals surface area (Å²) in [5.41, 5.74) is 1.64. The van der Waals surface area contributed by atoms with Crippen molar-refractivity contribution in [2.45, 2.75) is 24.7 Å². The van der Waals surface area contributed by atoms with Crippen LogP contribution in [0.2, 0.25) is 0 Å². The van der Waals surface area contributed by atoms with Crippen molar-refractivity contribution >= 4 is 15.7 Å². The van der Waals surface area contributed by atoms with Gasteiger partial charge in [-0.05, 0) is 35.7 Å². The minimum Gasteiger partial charge on any atom is -0.497 e. The van der Waals surface area contributed by atoms with Gasteiger partial charge >= 0.3 is 0 Å². The maximum absolute atomic E-state index is 12.6. The van der Waals surface area contributed by atoms with E-state index in [-0.39, 0.29) is 10.6 Å². The summed E-state index contributed by atoms with van der Waals surface area (Å²) >= 11 is 0. The molecule has 0 aromatic heterocycles. The summed E-state index contributed by atoms with van der Waals surface area (Å²) in [4.78, 5) is 0.0345. The first-order valence-corrected chi connectivity index (χ1v) is 8.70. The Morgan fingerprint density at radius 3 is 2.13 bits per heavy atom. The van der Waals surface area contributed by atoms with Crippen molar-refractivity contribution in [1.82, 2.24) is 0 Å². The van der Waals surface area contributed by atoms with E-state index in [1.54, 1.807) is 24.3 Å². The summed E-state index contributed by atoms with van der Waals surface area (Å²) in [5.74, 6) is 1.09. The Labute approximate surface area is 137 Å². The predicted molar refractivity (Wildman–Crippen MR) is 90.9 cm³/mol. The second-order valence-electron chi connectivity index (χ2n) is 5.40. The highest BCUT2D eigenvalue weighted by Gasteiger charge is 2.20. The van der Waals surface area contributed by atoms with Crippen LogP contribution in [-0.4, -0.2) is 22.6 Å². The molecule has 124 valence electrons. The molecule has 2 aromatic carbocycles. The second kappa shape index (κ2) is 6.91. The van der Waals surface area contributed by atoms with E-state index < -0.39 is 10.0 Å². The number of sulfonamides is 1. The highest BCUT2D eigenvalue weighted by Crippen LogP contribution is 2.30. The third-order valence-electron chi connectivity index (χ3n) is 3.49. The van der Waals surface area contributed by atoms with E-state index >= 15 is 0 Å². The molecule has 0 aliphatic rings. The van der Waals surface area contributed by atoms with Crippen LogP contribution in [-0.2, 0) is 10.0 Å². The molecule has 0 aliphatic carbocycles. The monoisotopic (exact) mass is 335 g/mol. The molecule has 2 aromatic rings. The Bertz CT molecular complexity index is 768. The molecule has 6 heteroatoms. The zero-order valence-electron chi connectivity index (χ0n) is 13.7. The van der Waals surface area contributed by atoms with E-state index in [0.29, 0.717) is 17.4 Å². The van der Waals surface area contributed by atoms with Gasteiger partial charge in [-0.15, -0.1) is 0 Å². The third kappa shape index (κ3) is 3.96. The smallest absolute Gasteiger partial charge is 0.265 e. The summed E-state index contributed by atoms with van der Waals surface area (Å²) in [5, 5.41) is 0. The van der Waals surface area contributed by atoms with E-state index in [2.05, 4.69) is 18.6 Å². The molecule has 0 heterocycles. The zero-order valence-corrected chi connectivity index (χ0v) is 14.5. The Morgan fingerprint density at radius 1 is 0.957 bits per heavy atom. The summed E-state index contributed by atoms with van der Waals surface area (Å²) in [6.45, 7) is 4.17. The Hall–Kier alpha value is -2.21. The van der Waals surface area contributed by atoms with E-state index in [9.17, 15) is 8.42 Å². The van der Waals surface area contributed by atoms with E-state index in [0.717, 1.165) is 5.56 Å². The van der Waals surface area contributed by atoms with Crippen LogP contribution in [0.25, 0.3) is 0 Å². The number of methoxy groups -OCH3 is 2. The lowest BCUT2D eigenvalue weighted by Crippen LogP contribution is -2.14. The molecule has 0 spiro atoms. The van der Waals surface area contributed by atoms with E-state index in [4.69, 9.17) is 9.47 Å². The number of anilines is 1. The van der Waals surface area contributed by atoms with Gasteiger partial charge in [0.2, 0.25) is 0 Å². The van der Waals surface area contributed by atoms with Crippen molar-refractivity contribution in [3.63, 3.8) is 0 Å². The number of nitrogens with one attached hydrogen (secondary N) is 1. The van der Waals surface area contributed by atoms with Gasteiger partial charge < -0.3 is 9.47 Å². The largest absolute Gasteiger partial charge is 0.497 e. The Balaban J connectivity index is 2.35.